The van der Waals surface area contributed by atoms with E-state index in [9.17, 15) is 4.79 Å². The smallest absolute Gasteiger partial charge is 0.240 e. The number of nitrogens with zero attached hydrogens (tertiary/aromatic N) is 3. The monoisotopic (exact) mass is 328 g/mol. The van der Waals surface area contributed by atoms with Gasteiger partial charge in [0, 0.05) is 56.7 Å². The van der Waals surface area contributed by atoms with Crippen LogP contribution >= 0.6 is 24.2 Å². The maximum atomic E-state index is 12.3. The van der Waals surface area contributed by atoms with E-state index >= 15 is 0 Å². The fraction of sp³-hybridized carbons (Fsp3) is 0.571. The zero-order chi connectivity index (χ0) is 13.8. The van der Waals surface area contributed by atoms with E-state index in [1.165, 1.54) is 5.56 Å². The molecular formula is C14H21ClN4OS. The maximum absolute atomic E-state index is 12.3. The van der Waals surface area contributed by atoms with Crippen LogP contribution in [-0.2, 0) is 11.3 Å². The van der Waals surface area contributed by atoms with Crippen molar-refractivity contribution >= 4 is 30.1 Å². The molecule has 1 unspecified atom stereocenters. The van der Waals surface area contributed by atoms with Crippen molar-refractivity contribution in [3.63, 3.8) is 0 Å². The molecule has 2 aliphatic rings. The van der Waals surface area contributed by atoms with Crippen molar-refractivity contribution in [3.05, 3.63) is 30.1 Å². The molecule has 1 atom stereocenters. The number of thioether (sulfide) groups is 1. The Morgan fingerprint density at radius 3 is 2.81 bits per heavy atom. The van der Waals surface area contributed by atoms with Gasteiger partial charge in [0.1, 0.15) is 0 Å². The van der Waals surface area contributed by atoms with Crippen molar-refractivity contribution in [3.8, 4) is 0 Å². The zero-order valence-corrected chi connectivity index (χ0v) is 13.5. The van der Waals surface area contributed by atoms with Crippen molar-refractivity contribution < 1.29 is 4.79 Å². The Kier molecular flexibility index (Phi) is 6.29. The SMILES string of the molecule is Cl.O=C(C1CSCN1)N1CCN(Cc2cccnc2)CC1. The summed E-state index contributed by atoms with van der Waals surface area (Å²) in [4.78, 5) is 20.8. The van der Waals surface area contributed by atoms with Crippen molar-refractivity contribution in [2.45, 2.75) is 12.6 Å². The fourth-order valence-corrected chi connectivity index (χ4v) is 3.58. The highest BCUT2D eigenvalue weighted by Gasteiger charge is 2.29. The number of rotatable bonds is 3. The molecule has 7 heteroatoms. The molecule has 5 nitrogen and oxygen atoms in total. The van der Waals surface area contributed by atoms with Gasteiger partial charge in [-0.15, -0.1) is 24.2 Å². The Labute approximate surface area is 135 Å². The minimum absolute atomic E-state index is 0. The number of hydrogen-bond donors (Lipinski definition) is 1. The quantitative estimate of drug-likeness (QED) is 0.890. The molecule has 0 spiro atoms. The molecule has 3 heterocycles. The standard InChI is InChI=1S/C14H20N4OS.ClH/c19-14(13-10-20-11-16-13)18-6-4-17(5-7-18)9-12-2-1-3-15-8-12;/h1-3,8,13,16H,4-7,9-11H2;1H. The molecule has 1 aromatic heterocycles. The van der Waals surface area contributed by atoms with Crippen LogP contribution in [0.25, 0.3) is 0 Å². The predicted molar refractivity (Wildman–Crippen MR) is 87.6 cm³/mol. The van der Waals surface area contributed by atoms with E-state index < -0.39 is 0 Å². The second-order valence-electron chi connectivity index (χ2n) is 5.23. The lowest BCUT2D eigenvalue weighted by atomic mass is 10.2. The Morgan fingerprint density at radius 1 is 1.38 bits per heavy atom. The summed E-state index contributed by atoms with van der Waals surface area (Å²) in [6.45, 7) is 4.48. The van der Waals surface area contributed by atoms with Crippen LogP contribution in [0.2, 0.25) is 0 Å². The number of carbonyl (C=O) groups is 1. The van der Waals surface area contributed by atoms with Crippen LogP contribution in [0.3, 0.4) is 0 Å². The topological polar surface area (TPSA) is 48.5 Å². The lowest BCUT2D eigenvalue weighted by Crippen LogP contribution is -2.53. The molecule has 0 aliphatic carbocycles. The predicted octanol–water partition coefficient (Wildman–Crippen LogP) is 0.810. The largest absolute Gasteiger partial charge is 0.339 e. The van der Waals surface area contributed by atoms with E-state index in [0.29, 0.717) is 0 Å². The maximum Gasteiger partial charge on any atom is 0.240 e. The summed E-state index contributed by atoms with van der Waals surface area (Å²) in [5.41, 5.74) is 1.24. The highest BCUT2D eigenvalue weighted by molar-refractivity contribution is 7.99. The van der Waals surface area contributed by atoms with E-state index in [2.05, 4.69) is 21.3 Å². The van der Waals surface area contributed by atoms with Gasteiger partial charge < -0.3 is 4.90 Å². The van der Waals surface area contributed by atoms with Gasteiger partial charge in [0.2, 0.25) is 5.91 Å². The Hall–Kier alpha value is -0.820. The number of hydrogen-bond acceptors (Lipinski definition) is 5. The second kappa shape index (κ2) is 7.98. The van der Waals surface area contributed by atoms with Gasteiger partial charge >= 0.3 is 0 Å². The van der Waals surface area contributed by atoms with Crippen molar-refractivity contribution in [2.75, 3.05) is 37.8 Å². The lowest BCUT2D eigenvalue weighted by molar-refractivity contribution is -0.134. The lowest BCUT2D eigenvalue weighted by Gasteiger charge is -2.35. The van der Waals surface area contributed by atoms with Crippen LogP contribution in [0.1, 0.15) is 5.56 Å². The number of carbonyl (C=O) groups excluding carboxylic acids is 1. The van der Waals surface area contributed by atoms with Crippen molar-refractivity contribution in [1.29, 1.82) is 0 Å². The third-order valence-corrected chi connectivity index (χ3v) is 4.77. The first-order chi connectivity index (χ1) is 9.83. The van der Waals surface area contributed by atoms with Gasteiger partial charge in [0.15, 0.2) is 0 Å². The number of amides is 1. The summed E-state index contributed by atoms with van der Waals surface area (Å²) >= 11 is 1.80. The molecule has 2 aliphatic heterocycles. The number of aromatic nitrogens is 1. The molecule has 2 fully saturated rings. The van der Waals surface area contributed by atoms with E-state index in [1.807, 2.05) is 17.2 Å². The van der Waals surface area contributed by atoms with Gasteiger partial charge in [-0.1, -0.05) is 6.07 Å². The Balaban J connectivity index is 0.00000161. The Morgan fingerprint density at radius 2 is 2.19 bits per heavy atom. The first kappa shape index (κ1) is 16.5. The van der Waals surface area contributed by atoms with Crippen LogP contribution in [0.15, 0.2) is 24.5 Å². The molecule has 1 N–H and O–H groups in total. The van der Waals surface area contributed by atoms with Gasteiger partial charge in [-0.3, -0.25) is 20.0 Å². The molecule has 1 amide bonds. The molecule has 0 saturated carbocycles. The van der Waals surface area contributed by atoms with Crippen LogP contribution in [-0.4, -0.2) is 64.5 Å². The summed E-state index contributed by atoms with van der Waals surface area (Å²) < 4.78 is 0. The number of nitrogens with one attached hydrogen (secondary N) is 1. The third-order valence-electron chi connectivity index (χ3n) is 3.83. The first-order valence-electron chi connectivity index (χ1n) is 7.04. The third kappa shape index (κ3) is 4.32. The minimum Gasteiger partial charge on any atom is -0.339 e. The van der Waals surface area contributed by atoms with Gasteiger partial charge in [0.05, 0.1) is 6.04 Å². The van der Waals surface area contributed by atoms with Crippen LogP contribution in [0, 0.1) is 0 Å². The number of halogens is 1. The summed E-state index contributed by atoms with van der Waals surface area (Å²) in [6.07, 6.45) is 3.71. The number of piperazine rings is 1. The highest BCUT2D eigenvalue weighted by Crippen LogP contribution is 2.14. The summed E-state index contributed by atoms with van der Waals surface area (Å²) in [6, 6.07) is 4.10. The first-order valence-corrected chi connectivity index (χ1v) is 8.19. The van der Waals surface area contributed by atoms with Gasteiger partial charge in [-0.05, 0) is 11.6 Å². The van der Waals surface area contributed by atoms with E-state index in [1.54, 1.807) is 18.0 Å². The van der Waals surface area contributed by atoms with Crippen molar-refractivity contribution in [2.24, 2.45) is 0 Å². The average Bonchev–Trinajstić information content (AvgIpc) is 3.03. The summed E-state index contributed by atoms with van der Waals surface area (Å²) in [7, 11) is 0. The van der Waals surface area contributed by atoms with E-state index in [-0.39, 0.29) is 24.4 Å². The highest BCUT2D eigenvalue weighted by atomic mass is 35.5. The molecule has 0 aromatic carbocycles. The molecule has 1 aromatic rings. The molecular weight excluding hydrogens is 308 g/mol. The van der Waals surface area contributed by atoms with Crippen molar-refractivity contribution in [1.82, 2.24) is 20.1 Å². The zero-order valence-electron chi connectivity index (χ0n) is 11.9. The van der Waals surface area contributed by atoms with E-state index in [0.717, 1.165) is 44.4 Å². The molecule has 0 bridgehead atoms. The van der Waals surface area contributed by atoms with Gasteiger partial charge in [0.25, 0.3) is 0 Å². The Bertz CT molecular complexity index is 448. The molecule has 3 rings (SSSR count). The minimum atomic E-state index is 0. The average molecular weight is 329 g/mol. The van der Waals surface area contributed by atoms with Gasteiger partial charge in [-0.2, -0.15) is 0 Å². The fourth-order valence-electron chi connectivity index (χ4n) is 2.65. The molecule has 21 heavy (non-hydrogen) atoms. The number of pyridine rings is 1. The van der Waals surface area contributed by atoms with E-state index in [4.69, 9.17) is 0 Å². The normalized spacial score (nSPS) is 22.9. The summed E-state index contributed by atoms with van der Waals surface area (Å²) in [5.74, 6) is 2.09. The molecule has 0 radical (unpaired) electrons. The van der Waals surface area contributed by atoms with Gasteiger partial charge in [-0.25, -0.2) is 0 Å². The van der Waals surface area contributed by atoms with Crippen LogP contribution in [0.5, 0.6) is 0 Å². The van der Waals surface area contributed by atoms with Crippen LogP contribution < -0.4 is 5.32 Å². The van der Waals surface area contributed by atoms with Crippen LogP contribution in [0.4, 0.5) is 0 Å². The molecule has 2 saturated heterocycles. The summed E-state index contributed by atoms with van der Waals surface area (Å²) in [5, 5.41) is 3.25. The second-order valence-corrected chi connectivity index (χ2v) is 6.26. The molecule has 116 valence electrons.